The predicted octanol–water partition coefficient (Wildman–Crippen LogP) is 4.02. The topological polar surface area (TPSA) is 81.3 Å². The molecule has 0 aliphatic heterocycles. The van der Waals surface area contributed by atoms with E-state index < -0.39 is 0 Å². The summed E-state index contributed by atoms with van der Waals surface area (Å²) in [5.41, 5.74) is 2.00. The van der Waals surface area contributed by atoms with Gasteiger partial charge in [0.15, 0.2) is 5.16 Å². The van der Waals surface area contributed by atoms with Gasteiger partial charge in [-0.25, -0.2) is 4.39 Å². The van der Waals surface area contributed by atoms with Crippen molar-refractivity contribution in [1.82, 2.24) is 19.2 Å². The zero-order valence-electron chi connectivity index (χ0n) is 16.6. The van der Waals surface area contributed by atoms with Gasteiger partial charge >= 0.3 is 0 Å². The molecule has 160 valence electrons. The second-order valence-corrected chi connectivity index (χ2v) is 8.83. The Balaban J connectivity index is 1.48. The zero-order valence-corrected chi connectivity index (χ0v) is 18.2. The maximum Gasteiger partial charge on any atom is 0.273 e. The number of carbonyl (C=O) groups is 1. The van der Waals surface area contributed by atoms with Crippen LogP contribution in [0, 0.1) is 5.82 Å². The normalized spacial score (nSPS) is 11.3. The predicted molar refractivity (Wildman–Crippen MR) is 124 cm³/mol. The largest absolute Gasteiger partial charge is 0.325 e. The summed E-state index contributed by atoms with van der Waals surface area (Å²) in [6.45, 7) is 0.230. The quantitative estimate of drug-likeness (QED) is 0.383. The van der Waals surface area contributed by atoms with Gasteiger partial charge in [0.1, 0.15) is 10.5 Å². The molecular formula is C22H16FN5O2S2. The number of rotatable bonds is 6. The lowest BCUT2D eigenvalue weighted by molar-refractivity contribution is -0.113. The summed E-state index contributed by atoms with van der Waals surface area (Å²) in [5, 5.41) is 13.7. The third-order valence-corrected chi connectivity index (χ3v) is 6.65. The summed E-state index contributed by atoms with van der Waals surface area (Å²) >= 11 is 2.58. The number of aromatic nitrogens is 4. The van der Waals surface area contributed by atoms with Crippen molar-refractivity contribution >= 4 is 50.7 Å². The van der Waals surface area contributed by atoms with Gasteiger partial charge in [0.25, 0.3) is 5.56 Å². The third kappa shape index (κ3) is 3.90. The van der Waals surface area contributed by atoms with Gasteiger partial charge in [-0.15, -0.1) is 21.5 Å². The van der Waals surface area contributed by atoms with E-state index in [1.165, 1.54) is 39.8 Å². The van der Waals surface area contributed by atoms with E-state index in [9.17, 15) is 14.0 Å². The average Bonchev–Trinajstić information content (AvgIpc) is 3.44. The van der Waals surface area contributed by atoms with Crippen LogP contribution in [0.3, 0.4) is 0 Å². The minimum atomic E-state index is -0.338. The molecule has 0 aliphatic rings. The zero-order chi connectivity index (χ0) is 22.1. The lowest BCUT2D eigenvalue weighted by Gasteiger charge is -2.09. The first-order valence-corrected chi connectivity index (χ1v) is 11.5. The first-order valence-electron chi connectivity index (χ1n) is 9.67. The molecule has 5 rings (SSSR count). The van der Waals surface area contributed by atoms with Crippen LogP contribution in [0.25, 0.3) is 16.0 Å². The SMILES string of the molecule is O=C(CSc1nnc2n(Cc3ccc(F)cc3)c(=O)c3sccc3n12)Nc1ccccc1. The highest BCUT2D eigenvalue weighted by molar-refractivity contribution is 7.99. The molecule has 0 unspecified atom stereocenters. The second-order valence-electron chi connectivity index (χ2n) is 6.97. The summed E-state index contributed by atoms with van der Waals surface area (Å²) in [4.78, 5) is 25.5. The fourth-order valence-electron chi connectivity index (χ4n) is 3.36. The Hall–Kier alpha value is -3.50. The average molecular weight is 466 g/mol. The van der Waals surface area contributed by atoms with Crippen LogP contribution >= 0.6 is 23.1 Å². The van der Waals surface area contributed by atoms with Crippen molar-refractivity contribution in [3.05, 3.63) is 87.8 Å². The van der Waals surface area contributed by atoms with Gasteiger partial charge in [-0.2, -0.15) is 0 Å². The molecule has 0 bridgehead atoms. The summed E-state index contributed by atoms with van der Waals surface area (Å²) in [6, 6.07) is 17.0. The van der Waals surface area contributed by atoms with E-state index in [-0.39, 0.29) is 29.6 Å². The molecule has 10 heteroatoms. The molecule has 0 fully saturated rings. The minimum absolute atomic E-state index is 0.137. The van der Waals surface area contributed by atoms with Crippen LogP contribution in [0.1, 0.15) is 5.56 Å². The fraction of sp³-hybridized carbons (Fsp3) is 0.0909. The number of carbonyl (C=O) groups excluding carboxylic acids is 1. The van der Waals surface area contributed by atoms with Crippen molar-refractivity contribution in [2.24, 2.45) is 0 Å². The minimum Gasteiger partial charge on any atom is -0.325 e. The monoisotopic (exact) mass is 465 g/mol. The Labute approximate surface area is 189 Å². The molecule has 0 saturated carbocycles. The number of thioether (sulfide) groups is 1. The number of halogens is 1. The van der Waals surface area contributed by atoms with E-state index in [0.717, 1.165) is 11.3 Å². The van der Waals surface area contributed by atoms with E-state index in [1.54, 1.807) is 16.5 Å². The molecule has 2 aromatic carbocycles. The van der Waals surface area contributed by atoms with Gasteiger partial charge in [0, 0.05) is 5.69 Å². The van der Waals surface area contributed by atoms with Gasteiger partial charge in [-0.1, -0.05) is 42.1 Å². The summed E-state index contributed by atoms with van der Waals surface area (Å²) in [5.74, 6) is 0.00327. The molecule has 0 saturated heterocycles. The first kappa shape index (κ1) is 20.4. The van der Waals surface area contributed by atoms with Gasteiger partial charge in [0.2, 0.25) is 11.7 Å². The van der Waals surface area contributed by atoms with Crippen molar-refractivity contribution in [3.8, 4) is 0 Å². The van der Waals surface area contributed by atoms with Crippen LogP contribution in [-0.4, -0.2) is 30.8 Å². The number of benzene rings is 2. The molecular weight excluding hydrogens is 449 g/mol. The maximum absolute atomic E-state index is 13.3. The van der Waals surface area contributed by atoms with E-state index in [1.807, 2.05) is 41.8 Å². The number of para-hydroxylation sites is 1. The van der Waals surface area contributed by atoms with Gasteiger partial charge in [0.05, 0.1) is 17.8 Å². The number of thiophene rings is 1. The smallest absolute Gasteiger partial charge is 0.273 e. The molecule has 0 aliphatic carbocycles. The van der Waals surface area contributed by atoms with Crippen molar-refractivity contribution < 1.29 is 9.18 Å². The van der Waals surface area contributed by atoms with Crippen molar-refractivity contribution in [2.45, 2.75) is 11.7 Å². The van der Waals surface area contributed by atoms with Gasteiger partial charge in [-0.3, -0.25) is 18.6 Å². The molecule has 0 atom stereocenters. The van der Waals surface area contributed by atoms with Crippen molar-refractivity contribution in [2.75, 3.05) is 11.1 Å². The number of nitrogens with one attached hydrogen (secondary N) is 1. The summed E-state index contributed by atoms with van der Waals surface area (Å²) in [6.07, 6.45) is 0. The number of amides is 1. The van der Waals surface area contributed by atoms with E-state index in [4.69, 9.17) is 0 Å². The number of hydrogen-bond acceptors (Lipinski definition) is 6. The van der Waals surface area contributed by atoms with Crippen molar-refractivity contribution in [3.63, 3.8) is 0 Å². The first-order chi connectivity index (χ1) is 15.6. The lowest BCUT2D eigenvalue weighted by Crippen LogP contribution is -2.23. The second kappa shape index (κ2) is 8.56. The molecule has 1 N–H and O–H groups in total. The van der Waals surface area contributed by atoms with Crippen LogP contribution in [0.15, 0.2) is 76.0 Å². The van der Waals surface area contributed by atoms with E-state index in [2.05, 4.69) is 15.5 Å². The number of fused-ring (bicyclic) bond motifs is 3. The fourth-order valence-corrected chi connectivity index (χ4v) is 4.92. The van der Waals surface area contributed by atoms with Crippen LogP contribution < -0.4 is 10.9 Å². The third-order valence-electron chi connectivity index (χ3n) is 4.83. The van der Waals surface area contributed by atoms with Crippen LogP contribution in [0.5, 0.6) is 0 Å². The Morgan fingerprint density at radius 1 is 1.06 bits per heavy atom. The molecule has 32 heavy (non-hydrogen) atoms. The van der Waals surface area contributed by atoms with Gasteiger partial charge in [-0.05, 0) is 41.3 Å². The molecule has 3 aromatic heterocycles. The molecule has 0 radical (unpaired) electrons. The molecule has 3 heterocycles. The lowest BCUT2D eigenvalue weighted by atomic mass is 10.2. The Kier molecular flexibility index (Phi) is 5.46. The maximum atomic E-state index is 13.3. The Morgan fingerprint density at radius 2 is 1.84 bits per heavy atom. The van der Waals surface area contributed by atoms with Crippen LogP contribution in [0.4, 0.5) is 10.1 Å². The van der Waals surface area contributed by atoms with E-state index in [0.29, 0.717) is 21.2 Å². The molecule has 7 nitrogen and oxygen atoms in total. The Morgan fingerprint density at radius 3 is 2.62 bits per heavy atom. The van der Waals surface area contributed by atoms with Crippen LogP contribution in [0.2, 0.25) is 0 Å². The Bertz CT molecular complexity index is 1480. The highest BCUT2D eigenvalue weighted by Crippen LogP contribution is 2.25. The highest BCUT2D eigenvalue weighted by atomic mass is 32.2. The number of anilines is 1. The number of hydrogen-bond donors (Lipinski definition) is 1. The summed E-state index contributed by atoms with van der Waals surface area (Å²) < 4.78 is 17.2. The molecule has 5 aromatic rings. The molecule has 0 spiro atoms. The standard InChI is InChI=1S/C22H16FN5O2S2/c23-15-8-6-14(7-9-15)12-27-20(30)19-17(10-11-31-19)28-21(27)25-26-22(28)32-13-18(29)24-16-4-2-1-3-5-16/h1-11H,12-13H2,(H,24,29). The van der Waals surface area contributed by atoms with Crippen molar-refractivity contribution in [1.29, 1.82) is 0 Å². The van der Waals surface area contributed by atoms with Gasteiger partial charge < -0.3 is 5.32 Å². The number of nitrogens with zero attached hydrogens (tertiary/aromatic N) is 4. The van der Waals surface area contributed by atoms with Crippen LogP contribution in [-0.2, 0) is 11.3 Å². The summed E-state index contributed by atoms with van der Waals surface area (Å²) in [7, 11) is 0. The van der Waals surface area contributed by atoms with E-state index >= 15 is 0 Å². The highest BCUT2D eigenvalue weighted by Gasteiger charge is 2.19. The molecule has 1 amide bonds.